The van der Waals surface area contributed by atoms with Crippen LogP contribution >= 0.6 is 11.6 Å². The summed E-state index contributed by atoms with van der Waals surface area (Å²) < 4.78 is 60.4. The molecular formula is C21H20ClF2N3O4S. The molecular weight excluding hydrogens is 464 g/mol. The van der Waals surface area contributed by atoms with E-state index >= 15 is 0 Å². The molecule has 0 aliphatic carbocycles. The van der Waals surface area contributed by atoms with Gasteiger partial charge >= 0.3 is 12.5 Å². The van der Waals surface area contributed by atoms with Crippen LogP contribution in [-0.2, 0) is 14.8 Å². The van der Waals surface area contributed by atoms with Gasteiger partial charge in [0.25, 0.3) is 0 Å². The largest absolute Gasteiger partial charge is 0.451 e. The highest BCUT2D eigenvalue weighted by Crippen LogP contribution is 2.30. The first-order valence-corrected chi connectivity index (χ1v) is 11.8. The van der Waals surface area contributed by atoms with Crippen molar-refractivity contribution in [3.05, 3.63) is 58.9 Å². The van der Waals surface area contributed by atoms with Gasteiger partial charge in [-0.3, -0.25) is 4.57 Å². The third-order valence-electron chi connectivity index (χ3n) is 5.33. The van der Waals surface area contributed by atoms with Crippen molar-refractivity contribution in [3.8, 4) is 0 Å². The van der Waals surface area contributed by atoms with Crippen molar-refractivity contribution < 1.29 is 26.7 Å². The standard InChI is InChI=1S/C21H20ClF2N3O4S/c1-13(19-25-17-6-2-3-7-18(17)27(19)21(23)24)31-20(28)15-12-14(8-9-16(15)22)32(29,30)26-10-4-5-11-26/h2-3,6-9,12-13,21H,4-5,10-11H2,1H3. The second-order valence-corrected chi connectivity index (χ2v) is 9.75. The number of carbonyl (C=O) groups excluding carboxylic acids is 1. The minimum absolute atomic E-state index is 0.00932. The number of rotatable bonds is 6. The van der Waals surface area contributed by atoms with Gasteiger partial charge in [-0.2, -0.15) is 13.1 Å². The first-order valence-electron chi connectivity index (χ1n) is 9.96. The first kappa shape index (κ1) is 22.6. The van der Waals surface area contributed by atoms with Crippen LogP contribution in [0.25, 0.3) is 11.0 Å². The summed E-state index contributed by atoms with van der Waals surface area (Å²) in [6.07, 6.45) is 0.396. The molecule has 0 spiro atoms. The number of carbonyl (C=O) groups is 1. The molecule has 1 unspecified atom stereocenters. The van der Waals surface area contributed by atoms with Crippen molar-refractivity contribution in [2.24, 2.45) is 0 Å². The molecule has 2 heterocycles. The predicted octanol–water partition coefficient (Wildman–Crippen LogP) is 4.79. The topological polar surface area (TPSA) is 81.5 Å². The maximum Gasteiger partial charge on any atom is 0.340 e. The predicted molar refractivity (Wildman–Crippen MR) is 114 cm³/mol. The number of hydrogen-bond donors (Lipinski definition) is 0. The number of esters is 1. The van der Waals surface area contributed by atoms with Gasteiger partial charge in [-0.25, -0.2) is 18.2 Å². The fourth-order valence-corrected chi connectivity index (χ4v) is 5.47. The number of ether oxygens (including phenoxy) is 1. The van der Waals surface area contributed by atoms with Gasteiger partial charge in [0.15, 0.2) is 11.9 Å². The van der Waals surface area contributed by atoms with Gasteiger partial charge in [0.2, 0.25) is 10.0 Å². The molecule has 0 bridgehead atoms. The maximum atomic E-state index is 13.7. The Morgan fingerprint density at radius 3 is 2.53 bits per heavy atom. The maximum absolute atomic E-state index is 13.7. The van der Waals surface area contributed by atoms with Crippen molar-refractivity contribution in [1.29, 1.82) is 0 Å². The molecule has 32 heavy (non-hydrogen) atoms. The zero-order chi connectivity index (χ0) is 23.0. The number of sulfonamides is 1. The van der Waals surface area contributed by atoms with Crippen LogP contribution in [0.15, 0.2) is 47.4 Å². The number of halogens is 3. The molecule has 2 aromatic carbocycles. The highest BCUT2D eigenvalue weighted by Gasteiger charge is 2.30. The fourth-order valence-electron chi connectivity index (χ4n) is 3.73. The number of para-hydroxylation sites is 2. The van der Waals surface area contributed by atoms with Crippen LogP contribution in [0, 0.1) is 0 Å². The summed E-state index contributed by atoms with van der Waals surface area (Å²) in [6.45, 7) is -0.662. The molecule has 1 atom stereocenters. The quantitative estimate of drug-likeness (QED) is 0.471. The molecule has 1 fully saturated rings. The van der Waals surface area contributed by atoms with E-state index in [0.29, 0.717) is 23.2 Å². The molecule has 1 aliphatic heterocycles. The van der Waals surface area contributed by atoms with Gasteiger partial charge in [-0.1, -0.05) is 23.7 Å². The Kier molecular flexibility index (Phi) is 6.19. The molecule has 3 aromatic rings. The van der Waals surface area contributed by atoms with E-state index in [1.165, 1.54) is 29.4 Å². The van der Waals surface area contributed by atoms with E-state index < -0.39 is 28.6 Å². The molecule has 7 nitrogen and oxygen atoms in total. The van der Waals surface area contributed by atoms with Crippen molar-refractivity contribution in [1.82, 2.24) is 13.9 Å². The lowest BCUT2D eigenvalue weighted by molar-refractivity contribution is 0.0233. The van der Waals surface area contributed by atoms with E-state index in [1.807, 2.05) is 0 Å². The Hall–Kier alpha value is -2.56. The van der Waals surface area contributed by atoms with E-state index in [4.69, 9.17) is 16.3 Å². The smallest absolute Gasteiger partial charge is 0.340 e. The summed E-state index contributed by atoms with van der Waals surface area (Å²) in [5.74, 6) is -1.07. The first-order chi connectivity index (χ1) is 15.2. The summed E-state index contributed by atoms with van der Waals surface area (Å²) in [5, 5.41) is -0.00932. The second kappa shape index (κ2) is 8.76. The van der Waals surface area contributed by atoms with E-state index in [2.05, 4.69) is 4.98 Å². The van der Waals surface area contributed by atoms with E-state index in [1.54, 1.807) is 18.2 Å². The fraction of sp³-hybridized carbons (Fsp3) is 0.333. The molecule has 0 radical (unpaired) electrons. The lowest BCUT2D eigenvalue weighted by Gasteiger charge is -2.18. The highest BCUT2D eigenvalue weighted by molar-refractivity contribution is 7.89. The monoisotopic (exact) mass is 483 g/mol. The minimum atomic E-state index is -3.78. The van der Waals surface area contributed by atoms with Crippen molar-refractivity contribution in [2.45, 2.75) is 37.3 Å². The molecule has 1 aliphatic rings. The van der Waals surface area contributed by atoms with Gasteiger partial charge in [0, 0.05) is 13.1 Å². The number of fused-ring (bicyclic) bond motifs is 1. The molecule has 1 saturated heterocycles. The minimum Gasteiger partial charge on any atom is -0.451 e. The van der Waals surface area contributed by atoms with Crippen LogP contribution in [0.3, 0.4) is 0 Å². The Morgan fingerprint density at radius 1 is 1.16 bits per heavy atom. The molecule has 0 saturated carbocycles. The normalized spacial score (nSPS) is 16.0. The average Bonchev–Trinajstić information content (AvgIpc) is 3.42. The van der Waals surface area contributed by atoms with Crippen LogP contribution in [0.5, 0.6) is 0 Å². The lowest BCUT2D eigenvalue weighted by atomic mass is 10.2. The van der Waals surface area contributed by atoms with E-state index in [-0.39, 0.29) is 26.8 Å². The summed E-state index contributed by atoms with van der Waals surface area (Å²) in [7, 11) is -3.78. The van der Waals surface area contributed by atoms with Crippen LogP contribution in [-0.4, -0.2) is 41.3 Å². The van der Waals surface area contributed by atoms with Gasteiger partial charge in [-0.15, -0.1) is 0 Å². The Labute approximate surface area is 188 Å². The van der Waals surface area contributed by atoms with Crippen LogP contribution < -0.4 is 0 Å². The number of aromatic nitrogens is 2. The summed E-state index contributed by atoms with van der Waals surface area (Å²) in [4.78, 5) is 16.9. The molecule has 0 N–H and O–H groups in total. The summed E-state index contributed by atoms with van der Waals surface area (Å²) in [6, 6.07) is 10.1. The Balaban J connectivity index is 1.63. The van der Waals surface area contributed by atoms with Crippen molar-refractivity contribution >= 4 is 38.6 Å². The number of hydrogen-bond acceptors (Lipinski definition) is 5. The molecule has 11 heteroatoms. The second-order valence-electron chi connectivity index (χ2n) is 7.41. The zero-order valence-corrected chi connectivity index (χ0v) is 18.6. The Bertz CT molecular complexity index is 1270. The van der Waals surface area contributed by atoms with Gasteiger partial charge < -0.3 is 4.74 Å². The number of benzene rings is 2. The number of imidazole rings is 1. The summed E-state index contributed by atoms with van der Waals surface area (Å²) >= 11 is 6.13. The molecule has 0 amide bonds. The van der Waals surface area contributed by atoms with Gasteiger partial charge in [0.05, 0.1) is 26.5 Å². The van der Waals surface area contributed by atoms with Crippen molar-refractivity contribution in [2.75, 3.05) is 13.1 Å². The zero-order valence-electron chi connectivity index (χ0n) is 17.0. The van der Waals surface area contributed by atoms with Gasteiger partial charge in [-0.05, 0) is 50.1 Å². The van der Waals surface area contributed by atoms with Crippen LogP contribution in [0.4, 0.5) is 8.78 Å². The SMILES string of the molecule is CC(OC(=O)c1cc(S(=O)(=O)N2CCCC2)ccc1Cl)c1nc2ccccc2n1C(F)F. The number of nitrogens with zero attached hydrogens (tertiary/aromatic N) is 3. The van der Waals surface area contributed by atoms with Crippen molar-refractivity contribution in [3.63, 3.8) is 0 Å². The molecule has 1 aromatic heterocycles. The van der Waals surface area contributed by atoms with Crippen LogP contribution in [0.2, 0.25) is 5.02 Å². The third kappa shape index (κ3) is 4.10. The third-order valence-corrected chi connectivity index (χ3v) is 7.55. The molecule has 170 valence electrons. The van der Waals surface area contributed by atoms with E-state index in [9.17, 15) is 22.0 Å². The van der Waals surface area contributed by atoms with Crippen LogP contribution in [0.1, 0.15) is 48.6 Å². The molecule has 4 rings (SSSR count). The Morgan fingerprint density at radius 2 is 1.84 bits per heavy atom. The summed E-state index contributed by atoms with van der Waals surface area (Å²) in [5.41, 5.74) is 0.373. The van der Waals surface area contributed by atoms with E-state index in [0.717, 1.165) is 18.9 Å². The lowest BCUT2D eigenvalue weighted by Crippen LogP contribution is -2.28. The average molecular weight is 484 g/mol. The highest BCUT2D eigenvalue weighted by atomic mass is 35.5. The number of alkyl halides is 2. The van der Waals surface area contributed by atoms with Gasteiger partial charge in [0.1, 0.15) is 0 Å².